The fourth-order valence-corrected chi connectivity index (χ4v) is 2.05. The van der Waals surface area contributed by atoms with E-state index in [1.54, 1.807) is 18.7 Å². The number of aromatic nitrogens is 3. The summed E-state index contributed by atoms with van der Waals surface area (Å²) in [5.74, 6) is -0.636. The van der Waals surface area contributed by atoms with Crippen molar-refractivity contribution < 1.29 is 14.3 Å². The Labute approximate surface area is 116 Å². The monoisotopic (exact) mass is 281 g/mol. The third-order valence-electron chi connectivity index (χ3n) is 3.05. The molecular formula is C12H19N5O3. The maximum absolute atomic E-state index is 12.0. The van der Waals surface area contributed by atoms with Crippen LogP contribution in [0.5, 0.6) is 0 Å². The largest absolute Gasteiger partial charge is 0.458 e. The summed E-state index contributed by atoms with van der Waals surface area (Å²) in [6.07, 6.45) is 1.77. The van der Waals surface area contributed by atoms with Crippen LogP contribution in [0.1, 0.15) is 37.2 Å². The lowest BCUT2D eigenvalue weighted by atomic mass is 10.4. The Bertz CT molecular complexity index is 505. The summed E-state index contributed by atoms with van der Waals surface area (Å²) in [4.78, 5) is 25.5. The summed E-state index contributed by atoms with van der Waals surface area (Å²) in [6, 6.07) is 0. The van der Waals surface area contributed by atoms with Crippen molar-refractivity contribution in [2.75, 3.05) is 18.8 Å². The molecular weight excluding hydrogens is 262 g/mol. The Morgan fingerprint density at radius 3 is 2.60 bits per heavy atom. The van der Waals surface area contributed by atoms with Crippen LogP contribution < -0.4 is 5.73 Å². The van der Waals surface area contributed by atoms with Gasteiger partial charge in [0.15, 0.2) is 5.82 Å². The predicted octanol–water partition coefficient (Wildman–Crippen LogP) is 0.0479. The maximum Gasteiger partial charge on any atom is 0.363 e. The predicted molar refractivity (Wildman–Crippen MR) is 70.8 cm³/mol. The number of esters is 1. The molecule has 2 N–H and O–H groups in total. The lowest BCUT2D eigenvalue weighted by Crippen LogP contribution is -2.31. The van der Waals surface area contributed by atoms with Crippen LogP contribution in [-0.2, 0) is 16.1 Å². The number of rotatable bonds is 4. The SMILES string of the molecule is CC(C)OC(=O)c1nnn(CC(=O)N2CCCC2)c1N. The molecule has 8 nitrogen and oxygen atoms in total. The van der Waals surface area contributed by atoms with Gasteiger partial charge in [0.05, 0.1) is 6.10 Å². The number of hydrogen-bond acceptors (Lipinski definition) is 6. The number of ether oxygens (including phenoxy) is 1. The first-order chi connectivity index (χ1) is 9.49. The van der Waals surface area contributed by atoms with Gasteiger partial charge in [-0.15, -0.1) is 5.10 Å². The quantitative estimate of drug-likeness (QED) is 0.782. The fraction of sp³-hybridized carbons (Fsp3) is 0.667. The van der Waals surface area contributed by atoms with Crippen molar-refractivity contribution in [3.8, 4) is 0 Å². The summed E-state index contributed by atoms with van der Waals surface area (Å²) in [5.41, 5.74) is 5.75. The summed E-state index contributed by atoms with van der Waals surface area (Å²) >= 11 is 0. The van der Waals surface area contributed by atoms with Gasteiger partial charge >= 0.3 is 5.97 Å². The molecule has 1 aliphatic rings. The van der Waals surface area contributed by atoms with Crippen molar-refractivity contribution in [3.05, 3.63) is 5.69 Å². The number of carbonyl (C=O) groups is 2. The van der Waals surface area contributed by atoms with E-state index in [9.17, 15) is 9.59 Å². The fourth-order valence-electron chi connectivity index (χ4n) is 2.05. The molecule has 2 heterocycles. The Morgan fingerprint density at radius 1 is 1.35 bits per heavy atom. The van der Waals surface area contributed by atoms with Gasteiger partial charge in [0.25, 0.3) is 0 Å². The zero-order valence-electron chi connectivity index (χ0n) is 11.7. The van der Waals surface area contributed by atoms with Gasteiger partial charge in [-0.25, -0.2) is 9.48 Å². The second-order valence-electron chi connectivity index (χ2n) is 5.02. The van der Waals surface area contributed by atoms with E-state index in [-0.39, 0.29) is 30.1 Å². The van der Waals surface area contributed by atoms with Crippen molar-refractivity contribution >= 4 is 17.7 Å². The van der Waals surface area contributed by atoms with E-state index in [0.717, 1.165) is 25.9 Å². The van der Waals surface area contributed by atoms with E-state index in [4.69, 9.17) is 10.5 Å². The Morgan fingerprint density at radius 2 is 2.00 bits per heavy atom. The topological polar surface area (TPSA) is 103 Å². The molecule has 0 radical (unpaired) electrons. The normalized spacial score (nSPS) is 14.8. The van der Waals surface area contributed by atoms with Crippen LogP contribution in [0.15, 0.2) is 0 Å². The molecule has 110 valence electrons. The lowest BCUT2D eigenvalue weighted by Gasteiger charge is -2.15. The molecule has 1 aliphatic heterocycles. The van der Waals surface area contributed by atoms with Crippen LogP contribution in [0, 0.1) is 0 Å². The number of amides is 1. The third kappa shape index (κ3) is 3.06. The molecule has 1 saturated heterocycles. The van der Waals surface area contributed by atoms with E-state index in [1.807, 2.05) is 0 Å². The van der Waals surface area contributed by atoms with Gasteiger partial charge in [-0.3, -0.25) is 4.79 Å². The van der Waals surface area contributed by atoms with Crippen LogP contribution in [0.2, 0.25) is 0 Å². The van der Waals surface area contributed by atoms with E-state index < -0.39 is 5.97 Å². The van der Waals surface area contributed by atoms with Crippen LogP contribution in [0.3, 0.4) is 0 Å². The van der Waals surface area contributed by atoms with Crippen LogP contribution in [0.25, 0.3) is 0 Å². The van der Waals surface area contributed by atoms with Crippen molar-refractivity contribution in [1.29, 1.82) is 0 Å². The van der Waals surface area contributed by atoms with E-state index in [1.165, 1.54) is 4.68 Å². The summed E-state index contributed by atoms with van der Waals surface area (Å²) in [7, 11) is 0. The maximum atomic E-state index is 12.0. The van der Waals surface area contributed by atoms with E-state index in [2.05, 4.69) is 10.3 Å². The highest BCUT2D eigenvalue weighted by Gasteiger charge is 2.23. The average molecular weight is 281 g/mol. The molecule has 2 rings (SSSR count). The van der Waals surface area contributed by atoms with Gasteiger partial charge in [0.2, 0.25) is 11.6 Å². The molecule has 0 spiro atoms. The van der Waals surface area contributed by atoms with Crippen molar-refractivity contribution in [2.45, 2.75) is 39.3 Å². The second-order valence-corrected chi connectivity index (χ2v) is 5.02. The van der Waals surface area contributed by atoms with Crippen LogP contribution >= 0.6 is 0 Å². The van der Waals surface area contributed by atoms with Gasteiger partial charge in [0, 0.05) is 13.1 Å². The van der Waals surface area contributed by atoms with Crippen molar-refractivity contribution in [3.63, 3.8) is 0 Å². The molecule has 0 saturated carbocycles. The zero-order valence-corrected chi connectivity index (χ0v) is 11.7. The second kappa shape index (κ2) is 5.89. The third-order valence-corrected chi connectivity index (χ3v) is 3.05. The number of likely N-dealkylation sites (tertiary alicyclic amines) is 1. The highest BCUT2D eigenvalue weighted by Crippen LogP contribution is 2.13. The summed E-state index contributed by atoms with van der Waals surface area (Å²) in [6.45, 7) is 4.98. The average Bonchev–Trinajstić information content (AvgIpc) is 2.99. The summed E-state index contributed by atoms with van der Waals surface area (Å²) in [5, 5.41) is 7.44. The Kier molecular flexibility index (Phi) is 4.21. The van der Waals surface area contributed by atoms with Crippen molar-refractivity contribution in [2.24, 2.45) is 0 Å². The smallest absolute Gasteiger partial charge is 0.363 e. The highest BCUT2D eigenvalue weighted by molar-refractivity contribution is 5.92. The lowest BCUT2D eigenvalue weighted by molar-refractivity contribution is -0.130. The molecule has 1 aromatic rings. The van der Waals surface area contributed by atoms with Gasteiger partial charge in [-0.2, -0.15) is 0 Å². The molecule has 1 amide bonds. The molecule has 0 unspecified atom stereocenters. The minimum absolute atomic E-state index is 0.00616. The standard InChI is InChI=1S/C12H19N5O3/c1-8(2)20-12(19)10-11(13)17(15-14-10)7-9(18)16-5-3-4-6-16/h8H,3-7,13H2,1-2H3. The first-order valence-corrected chi connectivity index (χ1v) is 6.66. The number of hydrogen-bond donors (Lipinski definition) is 1. The van der Waals surface area contributed by atoms with E-state index >= 15 is 0 Å². The molecule has 8 heteroatoms. The summed E-state index contributed by atoms with van der Waals surface area (Å²) < 4.78 is 6.24. The first-order valence-electron chi connectivity index (χ1n) is 6.66. The zero-order chi connectivity index (χ0) is 14.7. The minimum Gasteiger partial charge on any atom is -0.458 e. The molecule has 0 aliphatic carbocycles. The number of anilines is 1. The number of nitrogens with zero attached hydrogens (tertiary/aromatic N) is 4. The Balaban J connectivity index is 2.04. The molecule has 1 aromatic heterocycles. The van der Waals surface area contributed by atoms with Gasteiger partial charge < -0.3 is 15.4 Å². The van der Waals surface area contributed by atoms with Crippen LogP contribution in [0.4, 0.5) is 5.82 Å². The number of carbonyl (C=O) groups excluding carboxylic acids is 2. The Hall–Kier alpha value is -2.12. The minimum atomic E-state index is -0.627. The molecule has 0 bridgehead atoms. The first kappa shape index (κ1) is 14.3. The molecule has 0 atom stereocenters. The van der Waals surface area contributed by atoms with Gasteiger partial charge in [0.1, 0.15) is 6.54 Å². The van der Waals surface area contributed by atoms with Gasteiger partial charge in [-0.05, 0) is 26.7 Å². The number of nitrogens with two attached hydrogens (primary N) is 1. The van der Waals surface area contributed by atoms with Crippen molar-refractivity contribution in [1.82, 2.24) is 19.9 Å². The molecule has 0 aromatic carbocycles. The molecule has 20 heavy (non-hydrogen) atoms. The van der Waals surface area contributed by atoms with E-state index in [0.29, 0.717) is 0 Å². The molecule has 1 fully saturated rings. The van der Waals surface area contributed by atoms with Crippen LogP contribution in [-0.4, -0.2) is 51.0 Å². The number of nitrogen functional groups attached to an aromatic ring is 1. The van der Waals surface area contributed by atoms with Gasteiger partial charge in [-0.1, -0.05) is 5.21 Å². The highest BCUT2D eigenvalue weighted by atomic mass is 16.5.